The van der Waals surface area contributed by atoms with Crippen molar-refractivity contribution < 1.29 is 9.59 Å². The van der Waals surface area contributed by atoms with Crippen molar-refractivity contribution in [2.24, 2.45) is 22.6 Å². The van der Waals surface area contributed by atoms with E-state index in [4.69, 9.17) is 4.79 Å². The van der Waals surface area contributed by atoms with Crippen molar-refractivity contribution in [3.8, 4) is 0 Å². The van der Waals surface area contributed by atoms with Gasteiger partial charge in [0.05, 0.1) is 0 Å². The maximum Gasteiger partial charge on any atom is 0.221 e. The van der Waals surface area contributed by atoms with Crippen LogP contribution < -0.4 is 11.3 Å². The predicted molar refractivity (Wildman–Crippen MR) is 57.6 cm³/mol. The van der Waals surface area contributed by atoms with E-state index >= 15 is 0 Å². The molecule has 2 atom stereocenters. The highest BCUT2D eigenvalue weighted by molar-refractivity contribution is 5.89. The number of carbonyl (C=O) groups excluding carboxylic acids is 2. The third-order valence-corrected chi connectivity index (χ3v) is 4.55. The zero-order valence-corrected chi connectivity index (χ0v) is 9.67. The molecule has 2 fully saturated rings. The maximum atomic E-state index is 11.6. The molecule has 0 heterocycles. The second-order valence-electron chi connectivity index (χ2n) is 5.20. The third-order valence-electron chi connectivity index (χ3n) is 4.55. The maximum absolute atomic E-state index is 11.6. The normalized spacial score (nSPS) is 35.7. The molecular weight excluding hydrogens is 192 g/mol. The summed E-state index contributed by atoms with van der Waals surface area (Å²) in [4.78, 5) is 20.5. The molecule has 2 rings (SSSR count). The first kappa shape index (κ1) is 12.2. The Morgan fingerprint density at radius 1 is 1.47 bits per heavy atom. The van der Waals surface area contributed by atoms with Gasteiger partial charge in [0.1, 0.15) is 5.78 Å². The zero-order chi connectivity index (χ0) is 11.7. The second-order valence-corrected chi connectivity index (χ2v) is 5.20. The fourth-order valence-corrected chi connectivity index (χ4v) is 2.90. The van der Waals surface area contributed by atoms with Crippen LogP contribution in [0.3, 0.4) is 0 Å². The summed E-state index contributed by atoms with van der Waals surface area (Å²) >= 11 is 0. The minimum Gasteiger partial charge on any atom is -0.299 e. The monoisotopic (exact) mass is 212 g/mol. The molecule has 3 N–H and O–H groups in total. The average Bonchev–Trinajstić information content (AvgIpc) is 2.51. The molecule has 15 heavy (non-hydrogen) atoms. The van der Waals surface area contributed by atoms with Crippen LogP contribution in [-0.4, -0.2) is 12.2 Å². The number of hydrogen-bond donors (Lipinski definition) is 2. The minimum atomic E-state index is 0.0255. The molecule has 2 aliphatic carbocycles. The van der Waals surface area contributed by atoms with E-state index in [2.05, 4.69) is 26.6 Å². The van der Waals surface area contributed by atoms with Gasteiger partial charge < -0.3 is 0 Å². The van der Waals surface area contributed by atoms with E-state index in [1.165, 1.54) is 6.42 Å². The van der Waals surface area contributed by atoms with Gasteiger partial charge in [-0.15, -0.1) is 0 Å². The average molecular weight is 212 g/mol. The molecule has 1 amide bonds. The van der Waals surface area contributed by atoms with Crippen molar-refractivity contribution in [2.75, 3.05) is 0 Å². The fourth-order valence-electron chi connectivity index (χ4n) is 2.90. The van der Waals surface area contributed by atoms with E-state index in [1.54, 1.807) is 5.43 Å². The summed E-state index contributed by atoms with van der Waals surface area (Å²) in [5, 5.41) is 0. The predicted octanol–water partition coefficient (Wildman–Crippen LogP) is 1.01. The van der Waals surface area contributed by atoms with Crippen molar-refractivity contribution in [1.82, 2.24) is 5.43 Å². The Hall–Kier alpha value is -0.900. The smallest absolute Gasteiger partial charge is 0.221 e. The lowest BCUT2D eigenvalue weighted by Gasteiger charge is -2.32. The van der Waals surface area contributed by atoms with Gasteiger partial charge in [0.15, 0.2) is 0 Å². The number of hydrazine groups is 1. The van der Waals surface area contributed by atoms with Crippen LogP contribution in [0.5, 0.6) is 0 Å². The molecule has 2 aliphatic rings. The van der Waals surface area contributed by atoms with Gasteiger partial charge in [-0.2, -0.15) is 0 Å². The largest absolute Gasteiger partial charge is 0.299 e. The van der Waals surface area contributed by atoms with Crippen molar-refractivity contribution in [1.29, 1.82) is 0 Å². The van der Waals surface area contributed by atoms with Gasteiger partial charge in [0, 0.05) is 11.8 Å². The standard InChI is InChI=1S/C10H16O.CH4N2O/c1-9(2)7-4-5-10(9,3)8(11)6-7;2-3-1-4/h7H,4-6H2,1-3H3;1H,2H2,(H,3,4). The molecule has 4 nitrogen and oxygen atoms in total. The lowest BCUT2D eigenvalue weighted by atomic mass is 9.70. The van der Waals surface area contributed by atoms with E-state index < -0.39 is 0 Å². The van der Waals surface area contributed by atoms with Gasteiger partial charge in [-0.3, -0.25) is 15.0 Å². The summed E-state index contributed by atoms with van der Waals surface area (Å²) in [6, 6.07) is 0. The van der Waals surface area contributed by atoms with E-state index in [0.29, 0.717) is 18.1 Å². The Morgan fingerprint density at radius 3 is 2.13 bits per heavy atom. The van der Waals surface area contributed by atoms with Gasteiger partial charge in [-0.1, -0.05) is 20.8 Å². The van der Waals surface area contributed by atoms with Crippen LogP contribution in [0.15, 0.2) is 0 Å². The van der Waals surface area contributed by atoms with Gasteiger partial charge in [0.2, 0.25) is 6.41 Å². The number of fused-ring (bicyclic) bond motifs is 2. The van der Waals surface area contributed by atoms with Crippen molar-refractivity contribution >= 4 is 12.2 Å². The number of Topliss-reactive ketones (excluding diaryl/α,β-unsaturated/α-hetero) is 1. The highest BCUT2D eigenvalue weighted by atomic mass is 16.1. The zero-order valence-electron chi connectivity index (χ0n) is 9.67. The Balaban J connectivity index is 0.000000245. The minimum absolute atomic E-state index is 0.0255. The topological polar surface area (TPSA) is 72.2 Å². The summed E-state index contributed by atoms with van der Waals surface area (Å²) in [6.07, 6.45) is 3.66. The molecule has 0 spiro atoms. The summed E-state index contributed by atoms with van der Waals surface area (Å²) in [5.41, 5.74) is 2.06. The number of amides is 1. The highest BCUT2D eigenvalue weighted by Gasteiger charge is 2.61. The Labute approximate surface area is 90.6 Å². The Bertz CT molecular complexity index is 276. The molecule has 2 saturated carbocycles. The summed E-state index contributed by atoms with van der Waals surface area (Å²) in [6.45, 7) is 6.67. The summed E-state index contributed by atoms with van der Waals surface area (Å²) < 4.78 is 0. The van der Waals surface area contributed by atoms with Crippen molar-refractivity contribution in [3.05, 3.63) is 0 Å². The molecule has 0 aromatic carbocycles. The van der Waals surface area contributed by atoms with Crippen LogP contribution in [0.1, 0.15) is 40.0 Å². The van der Waals surface area contributed by atoms with Gasteiger partial charge >= 0.3 is 0 Å². The van der Waals surface area contributed by atoms with Crippen LogP contribution in [0.25, 0.3) is 0 Å². The first-order valence-corrected chi connectivity index (χ1v) is 5.33. The Kier molecular flexibility index (Phi) is 3.19. The molecule has 2 unspecified atom stereocenters. The molecule has 2 bridgehead atoms. The molecule has 4 heteroatoms. The van der Waals surface area contributed by atoms with E-state index in [1.807, 2.05) is 0 Å². The van der Waals surface area contributed by atoms with Crippen LogP contribution >= 0.6 is 0 Å². The summed E-state index contributed by atoms with van der Waals surface area (Å²) in [5.74, 6) is 5.60. The third kappa shape index (κ3) is 1.67. The molecule has 86 valence electrons. The number of ketones is 1. The number of carbonyl (C=O) groups is 2. The van der Waals surface area contributed by atoms with Crippen LogP contribution in [0, 0.1) is 16.7 Å². The second kappa shape index (κ2) is 3.93. The van der Waals surface area contributed by atoms with Crippen LogP contribution in [0.4, 0.5) is 0 Å². The first-order chi connectivity index (χ1) is 6.90. The lowest BCUT2D eigenvalue weighted by Crippen LogP contribution is -2.32. The van der Waals surface area contributed by atoms with Crippen LogP contribution in [-0.2, 0) is 9.59 Å². The van der Waals surface area contributed by atoms with E-state index in [-0.39, 0.29) is 10.8 Å². The van der Waals surface area contributed by atoms with Crippen LogP contribution in [0.2, 0.25) is 0 Å². The van der Waals surface area contributed by atoms with E-state index in [0.717, 1.165) is 12.8 Å². The first-order valence-electron chi connectivity index (χ1n) is 5.33. The number of nitrogens with two attached hydrogens (primary N) is 1. The SMILES string of the molecule is CC12CCC(CC1=O)C2(C)C.NNC=O. The molecule has 0 radical (unpaired) electrons. The van der Waals surface area contributed by atoms with Crippen molar-refractivity contribution in [2.45, 2.75) is 40.0 Å². The number of rotatable bonds is 1. The van der Waals surface area contributed by atoms with Gasteiger partial charge in [-0.25, -0.2) is 5.84 Å². The highest BCUT2D eigenvalue weighted by Crippen LogP contribution is 2.63. The van der Waals surface area contributed by atoms with Gasteiger partial charge in [0.25, 0.3) is 0 Å². The van der Waals surface area contributed by atoms with E-state index in [9.17, 15) is 4.79 Å². The molecule has 0 aromatic heterocycles. The molecular formula is C11H20N2O2. The van der Waals surface area contributed by atoms with Gasteiger partial charge in [-0.05, 0) is 24.2 Å². The van der Waals surface area contributed by atoms with Crippen molar-refractivity contribution in [3.63, 3.8) is 0 Å². The molecule has 0 saturated heterocycles. The molecule has 0 aromatic rings. The summed E-state index contributed by atoms with van der Waals surface area (Å²) in [7, 11) is 0. The Morgan fingerprint density at radius 2 is 2.00 bits per heavy atom. The number of nitrogens with one attached hydrogen (secondary N) is 1. The lowest BCUT2D eigenvalue weighted by molar-refractivity contribution is -0.128. The molecule has 0 aliphatic heterocycles. The fraction of sp³-hybridized carbons (Fsp3) is 0.818. The quantitative estimate of drug-likeness (QED) is 0.295. The number of hydrogen-bond acceptors (Lipinski definition) is 3.